The maximum Gasteiger partial charge on any atom is 0.338 e. The molecule has 0 fully saturated rings. The second-order valence-corrected chi connectivity index (χ2v) is 4.28. The highest BCUT2D eigenvalue weighted by molar-refractivity contribution is 5.88. The highest BCUT2D eigenvalue weighted by atomic mass is 19.1. The van der Waals surface area contributed by atoms with E-state index in [1.165, 1.54) is 6.92 Å². The molecule has 0 spiro atoms. The van der Waals surface area contributed by atoms with E-state index < -0.39 is 28.9 Å². The van der Waals surface area contributed by atoms with Crippen molar-refractivity contribution in [2.24, 2.45) is 0 Å². The monoisotopic (exact) mass is 278 g/mol. The Morgan fingerprint density at radius 3 is 2.45 bits per heavy atom. The van der Waals surface area contributed by atoms with Gasteiger partial charge in [-0.15, -0.1) is 0 Å². The average molecular weight is 278 g/mol. The number of hydrogen-bond acceptors (Lipinski definition) is 2. The molecule has 20 heavy (non-hydrogen) atoms. The zero-order valence-corrected chi connectivity index (χ0v) is 10.7. The summed E-state index contributed by atoms with van der Waals surface area (Å²) in [4.78, 5) is 10.9. The molecule has 3 nitrogen and oxygen atoms in total. The van der Waals surface area contributed by atoms with Crippen molar-refractivity contribution in [3.8, 4) is 5.75 Å². The van der Waals surface area contributed by atoms with Gasteiger partial charge in [-0.2, -0.15) is 0 Å². The zero-order valence-electron chi connectivity index (χ0n) is 10.7. The Balaban J connectivity index is 2.33. The molecule has 0 aliphatic rings. The number of hydrogen-bond donors (Lipinski definition) is 1. The summed E-state index contributed by atoms with van der Waals surface area (Å²) in [6, 6.07) is 9.77. The number of ether oxygens (including phenoxy) is 1. The fourth-order valence-corrected chi connectivity index (χ4v) is 1.75. The van der Waals surface area contributed by atoms with E-state index in [2.05, 4.69) is 0 Å². The van der Waals surface area contributed by atoms with Gasteiger partial charge in [-0.3, -0.25) is 0 Å². The number of halogens is 2. The molecule has 0 unspecified atom stereocenters. The van der Waals surface area contributed by atoms with E-state index in [1.807, 2.05) is 0 Å². The first-order chi connectivity index (χ1) is 9.50. The highest BCUT2D eigenvalue weighted by Crippen LogP contribution is 2.28. The van der Waals surface area contributed by atoms with Gasteiger partial charge in [0.15, 0.2) is 17.4 Å². The molecule has 2 rings (SSSR count). The van der Waals surface area contributed by atoms with Crippen molar-refractivity contribution in [2.75, 3.05) is 0 Å². The van der Waals surface area contributed by atoms with E-state index in [9.17, 15) is 13.6 Å². The van der Waals surface area contributed by atoms with Crippen molar-refractivity contribution in [3.63, 3.8) is 0 Å². The lowest BCUT2D eigenvalue weighted by molar-refractivity contribution is 0.0690. The lowest BCUT2D eigenvalue weighted by atomic mass is 10.1. The minimum absolute atomic E-state index is 0.0202. The van der Waals surface area contributed by atoms with E-state index in [4.69, 9.17) is 9.84 Å². The number of rotatable bonds is 4. The van der Waals surface area contributed by atoms with Gasteiger partial charge in [0.05, 0.1) is 5.56 Å². The summed E-state index contributed by atoms with van der Waals surface area (Å²) in [6.45, 7) is 1.31. The second kappa shape index (κ2) is 5.69. The molecule has 0 amide bonds. The summed E-state index contributed by atoms with van der Waals surface area (Å²) in [6.07, 6.45) is 0. The molecule has 0 aliphatic heterocycles. The lowest BCUT2D eigenvalue weighted by Gasteiger charge is -2.11. The molecule has 1 N–H and O–H groups in total. The van der Waals surface area contributed by atoms with Crippen LogP contribution < -0.4 is 4.74 Å². The molecule has 0 saturated heterocycles. The number of benzene rings is 2. The second-order valence-electron chi connectivity index (χ2n) is 4.28. The van der Waals surface area contributed by atoms with Crippen LogP contribution in [-0.2, 0) is 6.61 Å². The maximum absolute atomic E-state index is 13.9. The van der Waals surface area contributed by atoms with Crippen LogP contribution in [0.1, 0.15) is 21.5 Å². The Hall–Kier alpha value is -2.43. The van der Waals surface area contributed by atoms with Crippen LogP contribution in [0, 0.1) is 18.6 Å². The van der Waals surface area contributed by atoms with E-state index in [0.717, 1.165) is 11.6 Å². The number of aromatic carboxylic acids is 1. The zero-order chi connectivity index (χ0) is 14.7. The fraction of sp³-hybridized carbons (Fsp3) is 0.133. The number of carboxylic acids is 1. The minimum atomic E-state index is -1.46. The smallest absolute Gasteiger partial charge is 0.338 e. The van der Waals surface area contributed by atoms with Crippen LogP contribution in [0.25, 0.3) is 0 Å². The van der Waals surface area contributed by atoms with Crippen LogP contribution in [-0.4, -0.2) is 11.1 Å². The van der Waals surface area contributed by atoms with Gasteiger partial charge in [0.25, 0.3) is 0 Å². The first kappa shape index (κ1) is 14.0. The van der Waals surface area contributed by atoms with Crippen LogP contribution in [0.5, 0.6) is 5.75 Å². The average Bonchev–Trinajstić information content (AvgIpc) is 2.43. The molecular formula is C15H12F2O3. The molecule has 0 bridgehead atoms. The first-order valence-corrected chi connectivity index (χ1v) is 5.89. The van der Waals surface area contributed by atoms with Crippen molar-refractivity contribution in [3.05, 3.63) is 64.7 Å². The van der Waals surface area contributed by atoms with Crippen LogP contribution in [0.3, 0.4) is 0 Å². The van der Waals surface area contributed by atoms with Crippen molar-refractivity contribution in [1.82, 2.24) is 0 Å². The van der Waals surface area contributed by atoms with Crippen LogP contribution >= 0.6 is 0 Å². The summed E-state index contributed by atoms with van der Waals surface area (Å²) in [5.74, 6) is -4.21. The van der Waals surface area contributed by atoms with Crippen LogP contribution in [0.15, 0.2) is 36.4 Å². The van der Waals surface area contributed by atoms with Crippen molar-refractivity contribution in [2.45, 2.75) is 13.5 Å². The number of carboxylic acid groups (broad SMARTS) is 1. The normalized spacial score (nSPS) is 10.3. The summed E-state index contributed by atoms with van der Waals surface area (Å²) < 4.78 is 32.9. The lowest BCUT2D eigenvalue weighted by Crippen LogP contribution is -2.08. The van der Waals surface area contributed by atoms with E-state index in [1.54, 1.807) is 30.3 Å². The number of carbonyl (C=O) groups is 1. The minimum Gasteiger partial charge on any atom is -0.483 e. The van der Waals surface area contributed by atoms with Crippen LogP contribution in [0.2, 0.25) is 0 Å². The van der Waals surface area contributed by atoms with Gasteiger partial charge < -0.3 is 9.84 Å². The van der Waals surface area contributed by atoms with Gasteiger partial charge in [0.2, 0.25) is 0 Å². The Morgan fingerprint density at radius 1 is 1.20 bits per heavy atom. The summed E-state index contributed by atoms with van der Waals surface area (Å²) in [5, 5.41) is 8.87. The molecule has 2 aromatic rings. The molecule has 104 valence electrons. The summed E-state index contributed by atoms with van der Waals surface area (Å²) >= 11 is 0. The molecule has 0 atom stereocenters. The largest absolute Gasteiger partial charge is 0.483 e. The molecule has 0 aromatic heterocycles. The molecule has 2 aromatic carbocycles. The highest BCUT2D eigenvalue weighted by Gasteiger charge is 2.22. The quantitative estimate of drug-likeness (QED) is 0.930. The Labute approximate surface area is 114 Å². The SMILES string of the molecule is Cc1cc(C(=O)O)c(F)c(OCc2ccccc2)c1F. The van der Waals surface area contributed by atoms with Crippen molar-refractivity contribution < 1.29 is 23.4 Å². The third kappa shape index (κ3) is 2.77. The molecule has 0 saturated carbocycles. The van der Waals surface area contributed by atoms with Crippen molar-refractivity contribution in [1.29, 1.82) is 0 Å². The van der Waals surface area contributed by atoms with Gasteiger partial charge >= 0.3 is 5.97 Å². The van der Waals surface area contributed by atoms with Gasteiger partial charge in [-0.05, 0) is 24.1 Å². The third-order valence-electron chi connectivity index (χ3n) is 2.80. The fourth-order valence-electron chi connectivity index (χ4n) is 1.75. The molecule has 5 heteroatoms. The van der Waals surface area contributed by atoms with Crippen molar-refractivity contribution >= 4 is 5.97 Å². The molecule has 0 heterocycles. The number of aryl methyl sites for hydroxylation is 1. The first-order valence-electron chi connectivity index (χ1n) is 5.89. The predicted octanol–water partition coefficient (Wildman–Crippen LogP) is 3.55. The van der Waals surface area contributed by atoms with E-state index >= 15 is 0 Å². The standard InChI is InChI=1S/C15H12F2O3/c1-9-7-11(15(18)19)13(17)14(12(9)16)20-8-10-5-3-2-4-6-10/h2-7H,8H2,1H3,(H,18,19). The molecule has 0 radical (unpaired) electrons. The Kier molecular flexibility index (Phi) is 3.98. The topological polar surface area (TPSA) is 46.5 Å². The molecular weight excluding hydrogens is 266 g/mol. The van der Waals surface area contributed by atoms with Gasteiger partial charge in [-0.25, -0.2) is 13.6 Å². The van der Waals surface area contributed by atoms with Gasteiger partial charge in [0.1, 0.15) is 6.61 Å². The summed E-state index contributed by atoms with van der Waals surface area (Å²) in [5.41, 5.74) is 0.142. The Morgan fingerprint density at radius 2 is 1.85 bits per heavy atom. The van der Waals surface area contributed by atoms with E-state index in [0.29, 0.717) is 0 Å². The van der Waals surface area contributed by atoms with E-state index in [-0.39, 0.29) is 12.2 Å². The summed E-state index contributed by atoms with van der Waals surface area (Å²) in [7, 11) is 0. The van der Waals surface area contributed by atoms with Gasteiger partial charge in [-0.1, -0.05) is 30.3 Å². The predicted molar refractivity (Wildman–Crippen MR) is 68.8 cm³/mol. The maximum atomic E-state index is 13.9. The van der Waals surface area contributed by atoms with Gasteiger partial charge in [0, 0.05) is 0 Å². The third-order valence-corrected chi connectivity index (χ3v) is 2.80. The van der Waals surface area contributed by atoms with Crippen LogP contribution in [0.4, 0.5) is 8.78 Å². The molecule has 0 aliphatic carbocycles. The Bertz CT molecular complexity index is 639.